The zero-order chi connectivity index (χ0) is 15.6. The average molecular weight is 298 g/mol. The Balaban J connectivity index is 1.62. The lowest BCUT2D eigenvalue weighted by Crippen LogP contribution is -2.04. The summed E-state index contributed by atoms with van der Waals surface area (Å²) in [6, 6.07) is 25.3. The normalized spacial score (nSPS) is 13.2. The molecule has 0 unspecified atom stereocenters. The lowest BCUT2D eigenvalue weighted by Gasteiger charge is -2.12. The van der Waals surface area contributed by atoms with Crippen molar-refractivity contribution in [3.8, 4) is 11.1 Å². The topological polar surface area (TPSA) is 17.1 Å². The summed E-state index contributed by atoms with van der Waals surface area (Å²) >= 11 is 0. The predicted octanol–water partition coefficient (Wildman–Crippen LogP) is 4.78. The van der Waals surface area contributed by atoms with Crippen molar-refractivity contribution in [1.82, 2.24) is 0 Å². The van der Waals surface area contributed by atoms with E-state index in [2.05, 4.69) is 42.5 Å². The molecule has 0 saturated carbocycles. The summed E-state index contributed by atoms with van der Waals surface area (Å²) in [4.78, 5) is 11.5. The minimum Gasteiger partial charge on any atom is -0.303 e. The van der Waals surface area contributed by atoms with Crippen LogP contribution < -0.4 is 0 Å². The highest BCUT2D eigenvalue weighted by molar-refractivity contribution is 5.77. The number of aldehydes is 1. The maximum absolute atomic E-state index is 11.5. The summed E-state index contributed by atoms with van der Waals surface area (Å²) < 4.78 is 0. The molecule has 23 heavy (non-hydrogen) atoms. The second-order valence-electron chi connectivity index (χ2n) is 6.18. The molecule has 1 nitrogen and oxygen atoms in total. The van der Waals surface area contributed by atoms with Gasteiger partial charge in [-0.15, -0.1) is 0 Å². The minimum atomic E-state index is -0.0713. The van der Waals surface area contributed by atoms with Crippen LogP contribution >= 0.6 is 0 Å². The van der Waals surface area contributed by atoms with E-state index < -0.39 is 0 Å². The molecule has 0 aliphatic heterocycles. The Bertz CT molecular complexity index is 849. The van der Waals surface area contributed by atoms with Gasteiger partial charge in [0.25, 0.3) is 0 Å². The molecular weight excluding hydrogens is 280 g/mol. The first kappa shape index (κ1) is 14.0. The van der Waals surface area contributed by atoms with Crippen LogP contribution in [0.15, 0.2) is 72.8 Å². The molecule has 1 aliphatic rings. The van der Waals surface area contributed by atoms with Crippen molar-refractivity contribution < 1.29 is 4.79 Å². The minimum absolute atomic E-state index is 0.0713. The van der Waals surface area contributed by atoms with E-state index in [4.69, 9.17) is 0 Å². The van der Waals surface area contributed by atoms with Gasteiger partial charge in [0.05, 0.1) is 0 Å². The van der Waals surface area contributed by atoms with E-state index in [0.717, 1.165) is 24.7 Å². The Morgan fingerprint density at radius 1 is 0.826 bits per heavy atom. The van der Waals surface area contributed by atoms with Crippen LogP contribution in [-0.4, -0.2) is 6.29 Å². The summed E-state index contributed by atoms with van der Waals surface area (Å²) in [6.45, 7) is 0. The number of rotatable bonds is 4. The maximum atomic E-state index is 11.5. The van der Waals surface area contributed by atoms with Gasteiger partial charge in [0, 0.05) is 5.92 Å². The van der Waals surface area contributed by atoms with Crippen LogP contribution in [0.5, 0.6) is 0 Å². The van der Waals surface area contributed by atoms with E-state index in [9.17, 15) is 4.79 Å². The Hall–Kier alpha value is -2.67. The van der Waals surface area contributed by atoms with E-state index in [1.165, 1.54) is 27.8 Å². The predicted molar refractivity (Wildman–Crippen MR) is 93.6 cm³/mol. The molecule has 4 rings (SSSR count). The lowest BCUT2D eigenvalue weighted by molar-refractivity contribution is -0.109. The Morgan fingerprint density at radius 3 is 2.39 bits per heavy atom. The smallest absolute Gasteiger partial charge is 0.127 e. The third-order valence-electron chi connectivity index (χ3n) is 4.71. The van der Waals surface area contributed by atoms with Crippen molar-refractivity contribution in [2.24, 2.45) is 0 Å². The SMILES string of the molecule is O=C[C@@H](Cc1ccc2c(c1)Cc1ccccc1-2)c1ccccc1. The highest BCUT2D eigenvalue weighted by Gasteiger charge is 2.19. The number of carbonyl (C=O) groups is 1. The highest BCUT2D eigenvalue weighted by Crippen LogP contribution is 2.37. The van der Waals surface area contributed by atoms with Gasteiger partial charge in [-0.3, -0.25) is 0 Å². The molecule has 0 bridgehead atoms. The van der Waals surface area contributed by atoms with Crippen molar-refractivity contribution in [3.63, 3.8) is 0 Å². The van der Waals surface area contributed by atoms with E-state index in [0.29, 0.717) is 0 Å². The molecule has 3 aromatic carbocycles. The molecule has 0 radical (unpaired) electrons. The van der Waals surface area contributed by atoms with Gasteiger partial charge >= 0.3 is 0 Å². The van der Waals surface area contributed by atoms with Gasteiger partial charge in [-0.2, -0.15) is 0 Å². The monoisotopic (exact) mass is 298 g/mol. The summed E-state index contributed by atoms with van der Waals surface area (Å²) in [5, 5.41) is 0. The molecule has 1 aliphatic carbocycles. The van der Waals surface area contributed by atoms with Gasteiger partial charge in [0.1, 0.15) is 6.29 Å². The first-order valence-electron chi connectivity index (χ1n) is 8.05. The van der Waals surface area contributed by atoms with E-state index in [-0.39, 0.29) is 5.92 Å². The summed E-state index contributed by atoms with van der Waals surface area (Å²) in [6.07, 6.45) is 2.82. The van der Waals surface area contributed by atoms with Crippen molar-refractivity contribution in [2.45, 2.75) is 18.8 Å². The molecule has 0 heterocycles. The second kappa shape index (κ2) is 5.85. The summed E-state index contributed by atoms with van der Waals surface area (Å²) in [5.74, 6) is -0.0713. The largest absolute Gasteiger partial charge is 0.303 e. The maximum Gasteiger partial charge on any atom is 0.127 e. The Labute approximate surface area is 136 Å². The summed E-state index contributed by atoms with van der Waals surface area (Å²) in [7, 11) is 0. The number of carbonyl (C=O) groups excluding carboxylic acids is 1. The van der Waals surface area contributed by atoms with Gasteiger partial charge in [-0.05, 0) is 46.2 Å². The number of hydrogen-bond donors (Lipinski definition) is 0. The van der Waals surface area contributed by atoms with Crippen LogP contribution in [0.25, 0.3) is 11.1 Å². The van der Waals surface area contributed by atoms with Gasteiger partial charge in [-0.25, -0.2) is 0 Å². The number of benzene rings is 3. The standard InChI is InChI=1S/C22H18O/c23-15-20(17-6-2-1-3-7-17)13-16-10-11-22-19(12-16)14-18-8-4-5-9-21(18)22/h1-12,15,20H,13-14H2/t20-/m1/s1. The third kappa shape index (κ3) is 2.59. The van der Waals surface area contributed by atoms with Gasteiger partial charge in [-0.1, -0.05) is 72.8 Å². The van der Waals surface area contributed by atoms with Crippen LogP contribution in [0.3, 0.4) is 0 Å². The van der Waals surface area contributed by atoms with Crippen LogP contribution in [0.4, 0.5) is 0 Å². The molecule has 0 N–H and O–H groups in total. The zero-order valence-corrected chi connectivity index (χ0v) is 12.9. The first-order valence-corrected chi connectivity index (χ1v) is 8.05. The first-order chi connectivity index (χ1) is 11.3. The molecule has 0 saturated heterocycles. The fourth-order valence-corrected chi connectivity index (χ4v) is 3.52. The van der Waals surface area contributed by atoms with Crippen molar-refractivity contribution in [1.29, 1.82) is 0 Å². The molecule has 3 aromatic rings. The molecule has 1 atom stereocenters. The van der Waals surface area contributed by atoms with Gasteiger partial charge in [0.2, 0.25) is 0 Å². The molecule has 0 aromatic heterocycles. The third-order valence-corrected chi connectivity index (χ3v) is 4.71. The molecular formula is C22H18O. The fraction of sp³-hybridized carbons (Fsp3) is 0.136. The van der Waals surface area contributed by atoms with Crippen LogP contribution in [-0.2, 0) is 17.6 Å². The highest BCUT2D eigenvalue weighted by atomic mass is 16.1. The Morgan fingerprint density at radius 2 is 1.57 bits per heavy atom. The molecule has 0 amide bonds. The molecule has 112 valence electrons. The van der Waals surface area contributed by atoms with Gasteiger partial charge < -0.3 is 4.79 Å². The average Bonchev–Trinajstić information content (AvgIpc) is 2.98. The van der Waals surface area contributed by atoms with Crippen molar-refractivity contribution in [2.75, 3.05) is 0 Å². The van der Waals surface area contributed by atoms with Crippen molar-refractivity contribution >= 4 is 6.29 Å². The summed E-state index contributed by atoms with van der Waals surface area (Å²) in [5.41, 5.74) is 7.79. The second-order valence-corrected chi connectivity index (χ2v) is 6.18. The Kier molecular flexibility index (Phi) is 3.55. The van der Waals surface area contributed by atoms with E-state index >= 15 is 0 Å². The van der Waals surface area contributed by atoms with Crippen LogP contribution in [0.2, 0.25) is 0 Å². The number of fused-ring (bicyclic) bond motifs is 3. The van der Waals surface area contributed by atoms with E-state index in [1.54, 1.807) is 0 Å². The van der Waals surface area contributed by atoms with Crippen molar-refractivity contribution in [3.05, 3.63) is 95.1 Å². The van der Waals surface area contributed by atoms with Gasteiger partial charge in [0.15, 0.2) is 0 Å². The molecule has 1 heteroatoms. The molecule has 0 spiro atoms. The lowest BCUT2D eigenvalue weighted by atomic mass is 9.92. The quantitative estimate of drug-likeness (QED) is 0.495. The fourth-order valence-electron chi connectivity index (χ4n) is 3.52. The number of hydrogen-bond acceptors (Lipinski definition) is 1. The zero-order valence-electron chi connectivity index (χ0n) is 12.9. The van der Waals surface area contributed by atoms with E-state index in [1.807, 2.05) is 30.3 Å². The van der Waals surface area contributed by atoms with Crippen LogP contribution in [0, 0.1) is 0 Å². The van der Waals surface area contributed by atoms with Crippen LogP contribution in [0.1, 0.15) is 28.2 Å². The molecule has 0 fully saturated rings.